The molecule has 0 unspecified atom stereocenters. The van der Waals surface area contributed by atoms with Crippen LogP contribution in [0, 0.1) is 13.8 Å². The molecule has 132 valence electrons. The number of amides is 2. The molecule has 0 saturated heterocycles. The van der Waals surface area contributed by atoms with Gasteiger partial charge in [0.2, 0.25) is 5.91 Å². The second-order valence-corrected chi connectivity index (χ2v) is 5.39. The van der Waals surface area contributed by atoms with Crippen molar-refractivity contribution in [1.29, 1.82) is 0 Å². The van der Waals surface area contributed by atoms with E-state index in [0.717, 1.165) is 0 Å². The average Bonchev–Trinajstić information content (AvgIpc) is 2.89. The minimum atomic E-state index is -0.500. The predicted molar refractivity (Wildman–Crippen MR) is 91.4 cm³/mol. The van der Waals surface area contributed by atoms with Crippen LogP contribution in [-0.4, -0.2) is 41.4 Å². The highest BCUT2D eigenvalue weighted by Gasteiger charge is 2.22. The van der Waals surface area contributed by atoms with Crippen molar-refractivity contribution in [2.24, 2.45) is 0 Å². The van der Waals surface area contributed by atoms with Gasteiger partial charge in [-0.25, -0.2) is 9.78 Å². The molecule has 0 aliphatic carbocycles. The molecule has 0 aromatic carbocycles. The number of rotatable bonds is 6. The van der Waals surface area contributed by atoms with E-state index in [0.29, 0.717) is 22.6 Å². The number of aryl methyl sites for hydroxylation is 1. The maximum Gasteiger partial charge on any atom is 0.339 e. The van der Waals surface area contributed by atoms with Gasteiger partial charge in [-0.2, -0.15) is 0 Å². The number of anilines is 1. The summed E-state index contributed by atoms with van der Waals surface area (Å²) >= 11 is 0. The molecule has 0 spiro atoms. The summed E-state index contributed by atoms with van der Waals surface area (Å²) in [6.45, 7) is 3.51. The largest absolute Gasteiger partial charge is 0.465 e. The molecule has 0 radical (unpaired) electrons. The Hall–Kier alpha value is -3.16. The molecule has 2 aromatic heterocycles. The Balaban J connectivity index is 1.90. The van der Waals surface area contributed by atoms with Crippen LogP contribution in [0.3, 0.4) is 0 Å². The molecule has 0 atom stereocenters. The number of ether oxygens (including phenoxy) is 1. The van der Waals surface area contributed by atoms with Crippen LogP contribution in [0.15, 0.2) is 24.4 Å². The molecule has 2 amide bonds. The predicted octanol–water partition coefficient (Wildman–Crippen LogP) is 1.57. The lowest BCUT2D eigenvalue weighted by atomic mass is 10.1. The van der Waals surface area contributed by atoms with Gasteiger partial charge in [0.15, 0.2) is 0 Å². The zero-order valence-corrected chi connectivity index (χ0v) is 14.3. The maximum atomic E-state index is 12.2. The molecule has 2 heterocycles. The average molecular weight is 344 g/mol. The second kappa shape index (κ2) is 8.09. The van der Waals surface area contributed by atoms with Gasteiger partial charge in [0, 0.05) is 24.9 Å². The van der Waals surface area contributed by atoms with E-state index in [1.54, 1.807) is 38.2 Å². The standard InChI is InChI=1S/C17H20N4O4/c1-10-14(17(24)25-3)11(2)20-15(10)16(23)19-9-7-13(22)21-12-6-4-5-8-18-12/h4-6,8,20H,7,9H2,1-3H3,(H,19,23)(H,18,21,22). The van der Waals surface area contributed by atoms with Crippen LogP contribution in [0.25, 0.3) is 0 Å². The Labute approximate surface area is 145 Å². The third-order valence-electron chi connectivity index (χ3n) is 3.62. The summed E-state index contributed by atoms with van der Waals surface area (Å²) in [6.07, 6.45) is 1.68. The Kier molecular flexibility index (Phi) is 5.89. The molecule has 0 bridgehead atoms. The van der Waals surface area contributed by atoms with Crippen LogP contribution in [0.2, 0.25) is 0 Å². The summed E-state index contributed by atoms with van der Waals surface area (Å²) in [5.41, 5.74) is 1.70. The molecule has 0 aliphatic heterocycles. The number of aromatic nitrogens is 2. The summed E-state index contributed by atoms with van der Waals surface area (Å²) in [6, 6.07) is 5.19. The number of H-pyrrole nitrogens is 1. The van der Waals surface area contributed by atoms with Crippen molar-refractivity contribution in [1.82, 2.24) is 15.3 Å². The van der Waals surface area contributed by atoms with E-state index >= 15 is 0 Å². The summed E-state index contributed by atoms with van der Waals surface area (Å²) < 4.78 is 4.71. The number of esters is 1. The van der Waals surface area contributed by atoms with Gasteiger partial charge in [-0.1, -0.05) is 6.07 Å². The fraction of sp³-hybridized carbons (Fsp3) is 0.294. The number of carbonyl (C=O) groups excluding carboxylic acids is 3. The van der Waals surface area contributed by atoms with Crippen molar-refractivity contribution in [3.05, 3.63) is 46.9 Å². The quantitative estimate of drug-likeness (QED) is 0.689. The van der Waals surface area contributed by atoms with Gasteiger partial charge in [0.05, 0.1) is 12.7 Å². The lowest BCUT2D eigenvalue weighted by Gasteiger charge is -2.06. The first-order valence-electron chi connectivity index (χ1n) is 7.70. The fourth-order valence-electron chi connectivity index (χ4n) is 2.41. The Morgan fingerprint density at radius 1 is 1.24 bits per heavy atom. The van der Waals surface area contributed by atoms with E-state index in [2.05, 4.69) is 20.6 Å². The molecule has 25 heavy (non-hydrogen) atoms. The molecule has 0 fully saturated rings. The van der Waals surface area contributed by atoms with Crippen LogP contribution in [0.1, 0.15) is 38.5 Å². The lowest BCUT2D eigenvalue weighted by Crippen LogP contribution is -2.28. The number of carbonyl (C=O) groups is 3. The maximum absolute atomic E-state index is 12.2. The van der Waals surface area contributed by atoms with E-state index in [1.807, 2.05) is 0 Å². The van der Waals surface area contributed by atoms with Crippen LogP contribution >= 0.6 is 0 Å². The minimum Gasteiger partial charge on any atom is -0.465 e. The number of hydrogen-bond donors (Lipinski definition) is 3. The van der Waals surface area contributed by atoms with Crippen molar-refractivity contribution < 1.29 is 19.1 Å². The number of nitrogens with zero attached hydrogens (tertiary/aromatic N) is 1. The van der Waals surface area contributed by atoms with E-state index in [1.165, 1.54) is 7.11 Å². The van der Waals surface area contributed by atoms with Gasteiger partial charge in [-0.05, 0) is 31.5 Å². The van der Waals surface area contributed by atoms with Gasteiger partial charge < -0.3 is 20.4 Å². The third kappa shape index (κ3) is 4.43. The number of nitrogens with one attached hydrogen (secondary N) is 3. The SMILES string of the molecule is COC(=O)c1c(C)[nH]c(C(=O)NCCC(=O)Nc2ccccn2)c1C. The van der Waals surface area contributed by atoms with E-state index in [4.69, 9.17) is 4.74 Å². The molecule has 0 saturated carbocycles. The van der Waals surface area contributed by atoms with Crippen molar-refractivity contribution in [2.75, 3.05) is 19.0 Å². The zero-order valence-electron chi connectivity index (χ0n) is 14.3. The minimum absolute atomic E-state index is 0.102. The van der Waals surface area contributed by atoms with E-state index in [-0.39, 0.29) is 30.5 Å². The van der Waals surface area contributed by atoms with Gasteiger partial charge in [0.1, 0.15) is 11.5 Å². The molecule has 8 nitrogen and oxygen atoms in total. The first-order chi connectivity index (χ1) is 11.9. The van der Waals surface area contributed by atoms with Crippen molar-refractivity contribution in [3.63, 3.8) is 0 Å². The summed E-state index contributed by atoms with van der Waals surface area (Å²) in [5.74, 6) is -0.688. The molecule has 2 aromatic rings. The highest BCUT2D eigenvalue weighted by atomic mass is 16.5. The molecule has 2 rings (SSSR count). The molecule has 3 N–H and O–H groups in total. The fourth-order valence-corrected chi connectivity index (χ4v) is 2.41. The summed E-state index contributed by atoms with van der Waals surface area (Å²) in [4.78, 5) is 42.7. The summed E-state index contributed by atoms with van der Waals surface area (Å²) in [5, 5.41) is 5.28. The summed E-state index contributed by atoms with van der Waals surface area (Å²) in [7, 11) is 1.29. The highest BCUT2D eigenvalue weighted by molar-refractivity contribution is 6.00. The Bertz CT molecular complexity index is 783. The van der Waals surface area contributed by atoms with E-state index < -0.39 is 5.97 Å². The number of methoxy groups -OCH3 is 1. The van der Waals surface area contributed by atoms with Crippen LogP contribution in [0.5, 0.6) is 0 Å². The topological polar surface area (TPSA) is 113 Å². The molecule has 0 aliphatic rings. The third-order valence-corrected chi connectivity index (χ3v) is 3.62. The van der Waals surface area contributed by atoms with Crippen LogP contribution < -0.4 is 10.6 Å². The van der Waals surface area contributed by atoms with Crippen molar-refractivity contribution >= 4 is 23.6 Å². The second-order valence-electron chi connectivity index (χ2n) is 5.39. The van der Waals surface area contributed by atoms with Gasteiger partial charge in [-0.15, -0.1) is 0 Å². The number of pyridine rings is 1. The number of aromatic amines is 1. The van der Waals surface area contributed by atoms with Gasteiger partial charge in [-0.3, -0.25) is 9.59 Å². The van der Waals surface area contributed by atoms with Crippen LogP contribution in [-0.2, 0) is 9.53 Å². The smallest absolute Gasteiger partial charge is 0.339 e. The lowest BCUT2D eigenvalue weighted by molar-refractivity contribution is -0.116. The van der Waals surface area contributed by atoms with Crippen LogP contribution in [0.4, 0.5) is 5.82 Å². The number of hydrogen-bond acceptors (Lipinski definition) is 5. The molecular formula is C17H20N4O4. The van der Waals surface area contributed by atoms with E-state index in [9.17, 15) is 14.4 Å². The zero-order chi connectivity index (χ0) is 18.4. The molecular weight excluding hydrogens is 324 g/mol. The molecule has 8 heteroatoms. The Morgan fingerprint density at radius 3 is 2.64 bits per heavy atom. The highest BCUT2D eigenvalue weighted by Crippen LogP contribution is 2.18. The van der Waals surface area contributed by atoms with Gasteiger partial charge >= 0.3 is 5.97 Å². The van der Waals surface area contributed by atoms with Crippen molar-refractivity contribution in [2.45, 2.75) is 20.3 Å². The monoisotopic (exact) mass is 344 g/mol. The normalized spacial score (nSPS) is 10.2. The first-order valence-corrected chi connectivity index (χ1v) is 7.70. The first kappa shape index (κ1) is 18.2. The Morgan fingerprint density at radius 2 is 2.00 bits per heavy atom. The van der Waals surface area contributed by atoms with Crippen molar-refractivity contribution in [3.8, 4) is 0 Å². The van der Waals surface area contributed by atoms with Gasteiger partial charge in [0.25, 0.3) is 5.91 Å².